The molecule has 1 aromatic heterocycles. The van der Waals surface area contributed by atoms with Crippen molar-refractivity contribution in [3.8, 4) is 5.69 Å². The molecule has 1 amide bonds. The van der Waals surface area contributed by atoms with Gasteiger partial charge in [0, 0.05) is 29.3 Å². The van der Waals surface area contributed by atoms with E-state index in [9.17, 15) is 9.59 Å². The average molecular weight is 459 g/mol. The van der Waals surface area contributed by atoms with E-state index in [2.05, 4.69) is 54.8 Å². The van der Waals surface area contributed by atoms with Gasteiger partial charge in [-0.05, 0) is 89.6 Å². The minimum Gasteiger partial charge on any atom is -0.465 e. The number of allylic oxidation sites excluding steroid dienone is 2. The lowest BCUT2D eigenvalue weighted by Gasteiger charge is -2.20. The molecule has 0 saturated carbocycles. The van der Waals surface area contributed by atoms with E-state index in [0.29, 0.717) is 23.4 Å². The first kappa shape index (κ1) is 23.8. The number of benzene rings is 1. The summed E-state index contributed by atoms with van der Waals surface area (Å²) in [5.74, 6) is -0.599. The van der Waals surface area contributed by atoms with Crippen LogP contribution in [0.3, 0.4) is 0 Å². The fourth-order valence-electron chi connectivity index (χ4n) is 5.06. The van der Waals surface area contributed by atoms with Crippen LogP contribution in [0.2, 0.25) is 0 Å². The summed E-state index contributed by atoms with van der Waals surface area (Å²) >= 11 is 0. The molecule has 4 rings (SSSR count). The molecule has 0 spiro atoms. The normalized spacial score (nSPS) is 17.6. The van der Waals surface area contributed by atoms with Crippen molar-refractivity contribution in [2.75, 3.05) is 13.7 Å². The fraction of sp³-hybridized carbons (Fsp3) is 0.379. The first-order valence-electron chi connectivity index (χ1n) is 12.1. The lowest BCUT2D eigenvalue weighted by Crippen LogP contribution is -2.26. The van der Waals surface area contributed by atoms with E-state index in [1.807, 2.05) is 19.9 Å². The Morgan fingerprint density at radius 1 is 1.09 bits per heavy atom. The topological polar surface area (TPSA) is 51.5 Å². The van der Waals surface area contributed by atoms with E-state index >= 15 is 0 Å². The molecule has 0 saturated heterocycles. The van der Waals surface area contributed by atoms with Crippen molar-refractivity contribution in [1.29, 1.82) is 0 Å². The van der Waals surface area contributed by atoms with Crippen LogP contribution in [-0.4, -0.2) is 35.0 Å². The van der Waals surface area contributed by atoms with Crippen LogP contribution in [-0.2, 0) is 14.3 Å². The Bertz CT molecular complexity index is 1210. The molecule has 2 aromatic rings. The predicted molar refractivity (Wildman–Crippen MR) is 136 cm³/mol. The van der Waals surface area contributed by atoms with Crippen molar-refractivity contribution in [3.05, 3.63) is 81.3 Å². The number of aryl methyl sites for hydroxylation is 2. The number of hydrogen-bond acceptors (Lipinski definition) is 3. The number of hydrogen-bond donors (Lipinski definition) is 0. The third-order valence-corrected chi connectivity index (χ3v) is 7.00. The number of ether oxygens (including phenoxy) is 1. The number of nitrogens with zero attached hydrogens (tertiary/aromatic N) is 2. The van der Waals surface area contributed by atoms with Crippen LogP contribution in [0.4, 0.5) is 0 Å². The van der Waals surface area contributed by atoms with Gasteiger partial charge in [-0.15, -0.1) is 0 Å². The Kier molecular flexibility index (Phi) is 6.92. The van der Waals surface area contributed by atoms with Crippen molar-refractivity contribution in [3.63, 3.8) is 0 Å². The second-order valence-electron chi connectivity index (χ2n) is 9.32. The second kappa shape index (κ2) is 9.88. The fourth-order valence-corrected chi connectivity index (χ4v) is 5.06. The molecular weight excluding hydrogens is 424 g/mol. The second-order valence-corrected chi connectivity index (χ2v) is 9.32. The molecule has 34 heavy (non-hydrogen) atoms. The summed E-state index contributed by atoms with van der Waals surface area (Å²) in [6.45, 7) is 8.59. The standard InChI is InChI=1S/C29H34N2O3/c1-19-11-13-25(14-12-19)31-20(2)17-24(21(31)3)18-26-27(29(33)34-5)22(4)30(28(26)32)16-15-23-9-7-6-8-10-23/h9,11-14,17-18H,6-8,10,15-16H2,1-5H3. The molecule has 2 aliphatic rings. The number of methoxy groups -OCH3 is 1. The van der Waals surface area contributed by atoms with Crippen LogP contribution in [0.1, 0.15) is 61.5 Å². The zero-order chi connectivity index (χ0) is 24.4. The van der Waals surface area contributed by atoms with Crippen molar-refractivity contribution in [2.24, 2.45) is 0 Å². The van der Waals surface area contributed by atoms with Gasteiger partial charge in [0.15, 0.2) is 0 Å². The summed E-state index contributed by atoms with van der Waals surface area (Å²) in [6.07, 6.45) is 9.67. The van der Waals surface area contributed by atoms with Crippen LogP contribution in [0, 0.1) is 20.8 Å². The number of esters is 1. The number of carbonyl (C=O) groups is 2. The Labute approximate surface area is 202 Å². The van der Waals surface area contributed by atoms with E-state index < -0.39 is 5.97 Å². The quantitative estimate of drug-likeness (QED) is 0.305. The maximum Gasteiger partial charge on any atom is 0.340 e. The molecule has 0 radical (unpaired) electrons. The van der Waals surface area contributed by atoms with Gasteiger partial charge in [-0.3, -0.25) is 4.79 Å². The third-order valence-electron chi connectivity index (χ3n) is 7.00. The van der Waals surface area contributed by atoms with Gasteiger partial charge >= 0.3 is 5.97 Å². The third kappa shape index (κ3) is 4.52. The molecular formula is C29H34N2O3. The van der Waals surface area contributed by atoms with E-state index in [1.54, 1.807) is 4.90 Å². The number of aromatic nitrogens is 1. The molecule has 0 atom stereocenters. The van der Waals surface area contributed by atoms with Gasteiger partial charge in [0.2, 0.25) is 0 Å². The van der Waals surface area contributed by atoms with Gasteiger partial charge in [0.25, 0.3) is 5.91 Å². The maximum atomic E-state index is 13.5. The van der Waals surface area contributed by atoms with Gasteiger partial charge in [-0.2, -0.15) is 0 Å². The molecule has 2 heterocycles. The number of amides is 1. The summed E-state index contributed by atoms with van der Waals surface area (Å²) < 4.78 is 7.24. The predicted octanol–water partition coefficient (Wildman–Crippen LogP) is 5.97. The minimum atomic E-state index is -0.469. The van der Waals surface area contributed by atoms with Gasteiger partial charge in [0.05, 0.1) is 18.3 Å². The summed E-state index contributed by atoms with van der Waals surface area (Å²) in [5, 5.41) is 0. The van der Waals surface area contributed by atoms with Gasteiger partial charge in [-0.1, -0.05) is 29.3 Å². The molecule has 5 heteroatoms. The Hall–Kier alpha value is -3.34. The zero-order valence-corrected chi connectivity index (χ0v) is 20.9. The molecule has 0 fully saturated rings. The lowest BCUT2D eigenvalue weighted by molar-refractivity contribution is -0.136. The molecule has 178 valence electrons. The van der Waals surface area contributed by atoms with Crippen molar-refractivity contribution < 1.29 is 14.3 Å². The highest BCUT2D eigenvalue weighted by Gasteiger charge is 2.37. The van der Waals surface area contributed by atoms with Crippen LogP contribution >= 0.6 is 0 Å². The van der Waals surface area contributed by atoms with Crippen molar-refractivity contribution >= 4 is 18.0 Å². The van der Waals surface area contributed by atoms with Gasteiger partial charge in [-0.25, -0.2) is 4.79 Å². The Morgan fingerprint density at radius 2 is 1.82 bits per heavy atom. The van der Waals surface area contributed by atoms with Crippen LogP contribution in [0.5, 0.6) is 0 Å². The summed E-state index contributed by atoms with van der Waals surface area (Å²) in [4.78, 5) is 28.0. The van der Waals surface area contributed by atoms with E-state index in [4.69, 9.17) is 4.74 Å². The van der Waals surface area contributed by atoms with Crippen LogP contribution < -0.4 is 0 Å². The van der Waals surface area contributed by atoms with E-state index in [1.165, 1.54) is 31.1 Å². The molecule has 0 unspecified atom stereocenters. The summed E-state index contributed by atoms with van der Waals surface area (Å²) in [7, 11) is 1.36. The van der Waals surface area contributed by atoms with Crippen LogP contribution in [0.25, 0.3) is 11.8 Å². The molecule has 5 nitrogen and oxygen atoms in total. The molecule has 1 aliphatic heterocycles. The van der Waals surface area contributed by atoms with Crippen molar-refractivity contribution in [2.45, 2.75) is 59.8 Å². The number of carbonyl (C=O) groups excluding carboxylic acids is 2. The zero-order valence-electron chi connectivity index (χ0n) is 20.9. The average Bonchev–Trinajstić information content (AvgIpc) is 3.24. The summed E-state index contributed by atoms with van der Waals surface area (Å²) in [6, 6.07) is 10.4. The van der Waals surface area contributed by atoms with Gasteiger partial charge < -0.3 is 14.2 Å². The highest BCUT2D eigenvalue weighted by molar-refractivity contribution is 6.16. The Balaban J connectivity index is 1.69. The summed E-state index contributed by atoms with van der Waals surface area (Å²) in [5.41, 5.74) is 8.15. The highest BCUT2D eigenvalue weighted by Crippen LogP contribution is 2.34. The number of rotatable bonds is 6. The minimum absolute atomic E-state index is 0.130. The SMILES string of the molecule is COC(=O)C1=C(C)N(CCC2=CCCCC2)C(=O)C1=Cc1cc(C)n(-c2ccc(C)cc2)c1C. The van der Waals surface area contributed by atoms with E-state index in [0.717, 1.165) is 41.9 Å². The van der Waals surface area contributed by atoms with Gasteiger partial charge in [0.1, 0.15) is 0 Å². The molecule has 0 bridgehead atoms. The molecule has 0 N–H and O–H groups in total. The van der Waals surface area contributed by atoms with Crippen molar-refractivity contribution in [1.82, 2.24) is 9.47 Å². The van der Waals surface area contributed by atoms with E-state index in [-0.39, 0.29) is 5.91 Å². The monoisotopic (exact) mass is 458 g/mol. The molecule has 1 aliphatic carbocycles. The first-order chi connectivity index (χ1) is 16.3. The smallest absolute Gasteiger partial charge is 0.340 e. The Morgan fingerprint density at radius 3 is 2.47 bits per heavy atom. The van der Waals surface area contributed by atoms with Crippen LogP contribution in [0.15, 0.2) is 58.8 Å². The molecule has 1 aromatic carbocycles. The maximum absolute atomic E-state index is 13.5. The lowest BCUT2D eigenvalue weighted by atomic mass is 9.97. The largest absolute Gasteiger partial charge is 0.465 e. The first-order valence-corrected chi connectivity index (χ1v) is 12.1. The highest BCUT2D eigenvalue weighted by atomic mass is 16.5.